The predicted molar refractivity (Wildman–Crippen MR) is 36.9 cm³/mol. The summed E-state index contributed by atoms with van der Waals surface area (Å²) in [5.74, 6) is 0. The molecule has 2 amide bonds. The van der Waals surface area contributed by atoms with Crippen LogP contribution >= 0.6 is 20.0 Å². The molecule has 0 aliphatic heterocycles. The van der Waals surface area contributed by atoms with Gasteiger partial charge in [-0.25, -0.2) is 4.79 Å². The van der Waals surface area contributed by atoms with E-state index in [4.69, 9.17) is 9.79 Å². The zero-order valence-corrected chi connectivity index (χ0v) is 6.56. The average molecular weight is 191 g/mol. The van der Waals surface area contributed by atoms with E-state index in [1.807, 2.05) is 0 Å². The normalized spacial score (nSPS) is 9.80. The molecule has 0 aliphatic rings. The fourth-order valence-corrected chi connectivity index (χ4v) is 0.543. The maximum absolute atomic E-state index is 9.96. The second-order valence-electron chi connectivity index (χ2n) is 1.36. The highest BCUT2D eigenvalue weighted by Crippen LogP contribution is 2.31. The highest BCUT2D eigenvalue weighted by molar-refractivity contribution is 7.51. The molecule has 0 aromatic carbocycles. The van der Waals surface area contributed by atoms with Crippen LogP contribution in [0.1, 0.15) is 0 Å². The molecule has 62 valence electrons. The number of carbonyl (C=O) groups is 1. The number of urea groups is 1. The molecular weight excluding hydrogens is 182 g/mol. The lowest BCUT2D eigenvalue weighted by molar-refractivity contribution is 0.249. The van der Waals surface area contributed by atoms with Gasteiger partial charge < -0.3 is 20.8 Å². The van der Waals surface area contributed by atoms with Crippen LogP contribution in [-0.4, -0.2) is 22.1 Å². The lowest BCUT2D eigenvalue weighted by Crippen LogP contribution is -2.29. The van der Waals surface area contributed by atoms with Crippen LogP contribution in [0.2, 0.25) is 0 Å². The van der Waals surface area contributed by atoms with Crippen molar-refractivity contribution in [3.05, 3.63) is 0 Å². The minimum atomic E-state index is -4.13. The van der Waals surface area contributed by atoms with Crippen molar-refractivity contribution in [2.24, 2.45) is 5.73 Å². The summed E-state index contributed by atoms with van der Waals surface area (Å²) in [6, 6.07) is -0.946. The molecule has 5 N–H and O–H groups in total. The Bertz CT molecular complexity index is 155. The van der Waals surface area contributed by atoms with Crippen molar-refractivity contribution in [2.45, 2.75) is 0 Å². The fourth-order valence-electron chi connectivity index (χ4n) is 0.181. The highest BCUT2D eigenvalue weighted by Gasteiger charge is 2.11. The third-order valence-corrected chi connectivity index (χ3v) is 1.03. The number of carbonyl (C=O) groups excluding carboxylic acids is 1. The third-order valence-electron chi connectivity index (χ3n) is 0.459. The van der Waals surface area contributed by atoms with Gasteiger partial charge in [-0.2, -0.15) is 0 Å². The van der Waals surface area contributed by atoms with Crippen LogP contribution in [0.4, 0.5) is 4.79 Å². The molecule has 0 aliphatic carbocycles. The Morgan fingerprint density at radius 2 is 2.00 bits per heavy atom. The first-order valence-corrected chi connectivity index (χ1v) is 3.79. The van der Waals surface area contributed by atoms with E-state index in [0.717, 1.165) is 0 Å². The van der Waals surface area contributed by atoms with Crippen molar-refractivity contribution >= 4 is 26.0 Å². The molecule has 0 atom stereocenters. The minimum absolute atomic E-state index is 0. The number of amides is 2. The smallest absolute Gasteiger partial charge is 0.344 e. The van der Waals surface area contributed by atoms with Crippen LogP contribution < -0.4 is 11.1 Å². The monoisotopic (exact) mass is 190 g/mol. The molecule has 0 aromatic rings. The number of nitrogens with one attached hydrogen (secondary N) is 1. The lowest BCUT2D eigenvalue weighted by Gasteiger charge is -2.01. The Kier molecular flexibility index (Phi) is 5.59. The van der Waals surface area contributed by atoms with Gasteiger partial charge in [0, 0.05) is 0 Å². The van der Waals surface area contributed by atoms with Crippen LogP contribution in [-0.2, 0) is 4.57 Å². The van der Waals surface area contributed by atoms with Gasteiger partial charge >= 0.3 is 13.6 Å². The quantitative estimate of drug-likeness (QED) is 0.428. The van der Waals surface area contributed by atoms with E-state index in [2.05, 4.69) is 5.73 Å². The van der Waals surface area contributed by atoms with Crippen molar-refractivity contribution in [3.63, 3.8) is 0 Å². The Labute approximate surface area is 63.4 Å². The summed E-state index contributed by atoms with van der Waals surface area (Å²) >= 11 is 0. The number of rotatable bonds is 2. The van der Waals surface area contributed by atoms with Gasteiger partial charge in [0.2, 0.25) is 0 Å². The first-order chi connectivity index (χ1) is 3.92. The Morgan fingerprint density at radius 1 is 1.60 bits per heavy atom. The Morgan fingerprint density at radius 3 is 2.10 bits per heavy atom. The summed E-state index contributed by atoms with van der Waals surface area (Å²) in [7, 11) is -4.13. The zero-order chi connectivity index (χ0) is 7.49. The molecule has 10 heavy (non-hydrogen) atoms. The molecule has 0 unspecified atom stereocenters. The summed E-state index contributed by atoms with van der Waals surface area (Å²) in [5.41, 5.74) is 4.51. The second-order valence-corrected chi connectivity index (χ2v) is 3.01. The molecule has 0 rings (SSSR count). The average Bonchev–Trinajstić information content (AvgIpc) is 1.59. The first-order valence-electron chi connectivity index (χ1n) is 2.00. The van der Waals surface area contributed by atoms with Crippen molar-refractivity contribution in [1.82, 2.24) is 5.32 Å². The highest BCUT2D eigenvalue weighted by atomic mass is 35.5. The van der Waals surface area contributed by atoms with Crippen LogP contribution in [0.15, 0.2) is 0 Å². The van der Waals surface area contributed by atoms with Crippen molar-refractivity contribution in [1.29, 1.82) is 0 Å². The van der Waals surface area contributed by atoms with Gasteiger partial charge in [0.25, 0.3) is 0 Å². The topological polar surface area (TPSA) is 113 Å². The molecular formula is C2H8ClN2O4P. The number of nitrogens with two attached hydrogens (primary N) is 1. The van der Waals surface area contributed by atoms with E-state index in [1.165, 1.54) is 0 Å². The van der Waals surface area contributed by atoms with Crippen LogP contribution in [0.3, 0.4) is 0 Å². The van der Waals surface area contributed by atoms with E-state index < -0.39 is 19.9 Å². The van der Waals surface area contributed by atoms with Crippen LogP contribution in [0, 0.1) is 0 Å². The number of halogens is 1. The molecule has 0 radical (unpaired) electrons. The van der Waals surface area contributed by atoms with E-state index in [0.29, 0.717) is 0 Å². The van der Waals surface area contributed by atoms with Gasteiger partial charge in [-0.05, 0) is 0 Å². The first kappa shape index (κ1) is 12.4. The van der Waals surface area contributed by atoms with Crippen LogP contribution in [0.5, 0.6) is 0 Å². The van der Waals surface area contributed by atoms with Gasteiger partial charge in [0.15, 0.2) is 0 Å². The molecule has 0 bridgehead atoms. The molecule has 0 fully saturated rings. The molecule has 0 spiro atoms. The maximum atomic E-state index is 9.96. The maximum Gasteiger partial charge on any atom is 0.344 e. The van der Waals surface area contributed by atoms with Gasteiger partial charge in [-0.1, -0.05) is 0 Å². The molecule has 0 heterocycles. The van der Waals surface area contributed by atoms with Crippen molar-refractivity contribution in [2.75, 3.05) is 6.29 Å². The van der Waals surface area contributed by atoms with E-state index in [9.17, 15) is 9.36 Å². The van der Waals surface area contributed by atoms with Gasteiger partial charge in [-0.3, -0.25) is 4.57 Å². The van der Waals surface area contributed by atoms with E-state index in [-0.39, 0.29) is 12.4 Å². The molecule has 0 aromatic heterocycles. The summed E-state index contributed by atoms with van der Waals surface area (Å²) in [6.07, 6.45) is -0.706. The lowest BCUT2D eigenvalue weighted by atomic mass is 11.0. The predicted octanol–water partition coefficient (Wildman–Crippen LogP) is -0.788. The molecule has 0 saturated carbocycles. The molecule has 8 heteroatoms. The van der Waals surface area contributed by atoms with E-state index in [1.54, 1.807) is 5.32 Å². The summed E-state index contributed by atoms with van der Waals surface area (Å²) < 4.78 is 9.96. The van der Waals surface area contributed by atoms with Crippen LogP contribution in [0.25, 0.3) is 0 Å². The number of hydrogen-bond acceptors (Lipinski definition) is 2. The summed E-state index contributed by atoms with van der Waals surface area (Å²) in [4.78, 5) is 26.0. The standard InChI is InChI=1S/C2H7N2O4P.ClH/c3-2(5)4-1-9(6,7)8;/h1H2,(H3,3,4,5)(H2,6,7,8);1H. The largest absolute Gasteiger partial charge is 0.352 e. The minimum Gasteiger partial charge on any atom is -0.352 e. The van der Waals surface area contributed by atoms with Gasteiger partial charge in [0.05, 0.1) is 0 Å². The summed E-state index contributed by atoms with van der Waals surface area (Å²) in [5, 5.41) is 1.76. The molecule has 6 nitrogen and oxygen atoms in total. The zero-order valence-electron chi connectivity index (χ0n) is 4.85. The third kappa shape index (κ3) is 10.6. The second kappa shape index (κ2) is 4.51. The van der Waals surface area contributed by atoms with Gasteiger partial charge in [0.1, 0.15) is 6.29 Å². The summed E-state index contributed by atoms with van der Waals surface area (Å²) in [6.45, 7) is 0. The Balaban J connectivity index is 0. The fraction of sp³-hybridized carbons (Fsp3) is 0.500. The van der Waals surface area contributed by atoms with Gasteiger partial charge in [-0.15, -0.1) is 12.4 Å². The Hall–Kier alpha value is -0.290. The van der Waals surface area contributed by atoms with Crippen molar-refractivity contribution in [3.8, 4) is 0 Å². The van der Waals surface area contributed by atoms with E-state index >= 15 is 0 Å². The number of primary amides is 1. The number of hydrogen-bond donors (Lipinski definition) is 4. The SMILES string of the molecule is Cl.NC(=O)NCP(=O)(O)O. The van der Waals surface area contributed by atoms with Crippen molar-refractivity contribution < 1.29 is 19.1 Å². The molecule has 0 saturated heterocycles.